The summed E-state index contributed by atoms with van der Waals surface area (Å²) in [5.41, 5.74) is 2.42. The zero-order valence-corrected chi connectivity index (χ0v) is 14.3. The number of carbonyl (C=O) groups is 1. The van der Waals surface area contributed by atoms with Gasteiger partial charge in [-0.15, -0.1) is 11.8 Å². The van der Waals surface area contributed by atoms with Gasteiger partial charge in [-0.1, -0.05) is 48.0 Å². The van der Waals surface area contributed by atoms with Crippen LogP contribution in [-0.2, 0) is 21.7 Å². The number of carbonyl (C=O) groups excluding carboxylic acids is 1. The smallest absolute Gasteiger partial charge is 0.302 e. The van der Waals surface area contributed by atoms with E-state index in [1.807, 2.05) is 43.3 Å². The van der Waals surface area contributed by atoms with E-state index >= 15 is 0 Å². The Kier molecular flexibility index (Phi) is 6.34. The van der Waals surface area contributed by atoms with E-state index in [0.717, 1.165) is 21.2 Å². The third kappa shape index (κ3) is 5.39. The molecule has 0 aromatic heterocycles. The number of hydrogen-bond acceptors (Lipinski definition) is 3. The van der Waals surface area contributed by atoms with Crippen molar-refractivity contribution >= 4 is 29.3 Å². The molecule has 2 rings (SSSR count). The van der Waals surface area contributed by atoms with Gasteiger partial charge in [-0.3, -0.25) is 4.79 Å². The lowest BCUT2D eigenvalue weighted by Crippen LogP contribution is -2.15. The van der Waals surface area contributed by atoms with E-state index < -0.39 is 0 Å². The quantitative estimate of drug-likeness (QED) is 0.541. The summed E-state index contributed by atoms with van der Waals surface area (Å²) in [5.74, 6) is 0.635. The van der Waals surface area contributed by atoms with Gasteiger partial charge in [-0.05, 0) is 30.2 Å². The minimum absolute atomic E-state index is 0.144. The average Bonchev–Trinajstić information content (AvgIpc) is 2.48. The van der Waals surface area contributed by atoms with Gasteiger partial charge in [-0.2, -0.15) is 0 Å². The molecular weight excluding hydrogens is 316 g/mol. The molecule has 0 saturated heterocycles. The number of ether oxygens (including phenoxy) is 1. The number of hydrogen-bond donors (Lipinski definition) is 0. The van der Waals surface area contributed by atoms with E-state index in [1.165, 1.54) is 12.5 Å². The maximum atomic E-state index is 11.0. The second-order valence-corrected chi connectivity index (χ2v) is 6.60. The van der Waals surface area contributed by atoms with Crippen LogP contribution in [0, 0.1) is 0 Å². The molecule has 1 unspecified atom stereocenters. The van der Waals surface area contributed by atoms with Crippen molar-refractivity contribution in [2.45, 2.75) is 37.0 Å². The van der Waals surface area contributed by atoms with Crippen LogP contribution in [-0.4, -0.2) is 12.1 Å². The highest BCUT2D eigenvalue weighted by Crippen LogP contribution is 2.30. The largest absolute Gasteiger partial charge is 0.463 e. The Bertz CT molecular complexity index is 628. The van der Waals surface area contributed by atoms with Gasteiger partial charge in [0.05, 0.1) is 0 Å². The monoisotopic (exact) mass is 334 g/mol. The lowest BCUT2D eigenvalue weighted by atomic mass is 10.1. The molecule has 2 aromatic rings. The van der Waals surface area contributed by atoms with Gasteiger partial charge >= 0.3 is 5.97 Å². The molecule has 1 atom stereocenters. The molecular formula is C18H19ClO2S. The first-order chi connectivity index (χ1) is 10.5. The van der Waals surface area contributed by atoms with Crippen LogP contribution < -0.4 is 0 Å². The fraction of sp³-hybridized carbons (Fsp3) is 0.278. The highest BCUT2D eigenvalue weighted by Gasteiger charge is 2.11. The molecule has 0 heterocycles. The average molecular weight is 335 g/mol. The van der Waals surface area contributed by atoms with Gasteiger partial charge < -0.3 is 4.74 Å². The standard InChI is InChI=1S/C18H19ClO2S/c1-13(21-14(2)20)10-16-8-9-17(19)11-18(16)22-12-15-6-4-3-5-7-15/h3-9,11,13H,10,12H2,1-2H3. The van der Waals surface area contributed by atoms with E-state index in [-0.39, 0.29) is 12.1 Å². The number of halogens is 1. The number of thioether (sulfide) groups is 1. The first-order valence-electron chi connectivity index (χ1n) is 7.17. The van der Waals surface area contributed by atoms with E-state index in [9.17, 15) is 4.79 Å². The fourth-order valence-corrected chi connectivity index (χ4v) is 3.50. The normalized spacial score (nSPS) is 12.0. The van der Waals surface area contributed by atoms with Crippen LogP contribution in [0.25, 0.3) is 0 Å². The van der Waals surface area contributed by atoms with Crippen molar-refractivity contribution in [1.82, 2.24) is 0 Å². The molecule has 22 heavy (non-hydrogen) atoms. The molecule has 0 spiro atoms. The van der Waals surface area contributed by atoms with Gasteiger partial charge in [0, 0.05) is 29.0 Å². The number of esters is 1. The Morgan fingerprint density at radius 3 is 2.64 bits per heavy atom. The molecule has 0 aliphatic heterocycles. The Balaban J connectivity index is 2.08. The summed E-state index contributed by atoms with van der Waals surface area (Å²) in [6.07, 6.45) is 0.545. The molecule has 4 heteroatoms. The maximum Gasteiger partial charge on any atom is 0.302 e. The van der Waals surface area contributed by atoms with Crippen LogP contribution >= 0.6 is 23.4 Å². The minimum atomic E-state index is -0.250. The van der Waals surface area contributed by atoms with Crippen LogP contribution in [0.1, 0.15) is 25.0 Å². The molecule has 2 aromatic carbocycles. The minimum Gasteiger partial charge on any atom is -0.463 e. The van der Waals surface area contributed by atoms with Crippen molar-refractivity contribution in [3.63, 3.8) is 0 Å². The Labute approximate surface area is 140 Å². The maximum absolute atomic E-state index is 11.0. The summed E-state index contributed by atoms with van der Waals surface area (Å²) in [7, 11) is 0. The molecule has 0 aliphatic rings. The third-order valence-electron chi connectivity index (χ3n) is 3.14. The Morgan fingerprint density at radius 2 is 1.95 bits per heavy atom. The van der Waals surface area contributed by atoms with Crippen LogP contribution in [0.5, 0.6) is 0 Å². The molecule has 0 amide bonds. The summed E-state index contributed by atoms with van der Waals surface area (Å²) in [6, 6.07) is 16.2. The summed E-state index contributed by atoms with van der Waals surface area (Å²) < 4.78 is 5.22. The van der Waals surface area contributed by atoms with Gasteiger partial charge in [0.2, 0.25) is 0 Å². The van der Waals surface area contributed by atoms with E-state index in [0.29, 0.717) is 6.42 Å². The fourth-order valence-electron chi connectivity index (χ4n) is 2.20. The van der Waals surface area contributed by atoms with Gasteiger partial charge in [0.15, 0.2) is 0 Å². The Morgan fingerprint density at radius 1 is 1.23 bits per heavy atom. The summed E-state index contributed by atoms with van der Waals surface area (Å²) >= 11 is 7.87. The lowest BCUT2D eigenvalue weighted by molar-refractivity contribution is -0.145. The van der Waals surface area contributed by atoms with E-state index in [1.54, 1.807) is 11.8 Å². The summed E-state index contributed by atoms with van der Waals surface area (Å²) in [5, 5.41) is 0.722. The van der Waals surface area contributed by atoms with Crippen molar-refractivity contribution in [3.05, 3.63) is 64.7 Å². The van der Waals surface area contributed by atoms with Crippen LogP contribution in [0.2, 0.25) is 5.02 Å². The molecule has 0 bridgehead atoms. The molecule has 0 radical (unpaired) electrons. The molecule has 0 N–H and O–H groups in total. The molecule has 0 saturated carbocycles. The summed E-state index contributed by atoms with van der Waals surface area (Å²) in [6.45, 7) is 3.34. The van der Waals surface area contributed by atoms with Gasteiger partial charge in [0.1, 0.15) is 6.10 Å². The highest BCUT2D eigenvalue weighted by molar-refractivity contribution is 7.98. The topological polar surface area (TPSA) is 26.3 Å². The third-order valence-corrected chi connectivity index (χ3v) is 4.54. The van der Waals surface area contributed by atoms with Crippen molar-refractivity contribution in [1.29, 1.82) is 0 Å². The molecule has 2 nitrogen and oxygen atoms in total. The first kappa shape index (κ1) is 16.9. The predicted octanol–water partition coefficient (Wildman–Crippen LogP) is 5.13. The zero-order chi connectivity index (χ0) is 15.9. The Hall–Kier alpha value is -1.45. The molecule has 0 fully saturated rings. The molecule has 0 aliphatic carbocycles. The van der Waals surface area contributed by atoms with Crippen LogP contribution in [0.4, 0.5) is 0 Å². The predicted molar refractivity (Wildman–Crippen MR) is 92.4 cm³/mol. The second-order valence-electron chi connectivity index (χ2n) is 5.15. The SMILES string of the molecule is CC(=O)OC(C)Cc1ccc(Cl)cc1SCc1ccccc1. The van der Waals surface area contributed by atoms with E-state index in [4.69, 9.17) is 16.3 Å². The van der Waals surface area contributed by atoms with Crippen molar-refractivity contribution < 1.29 is 9.53 Å². The van der Waals surface area contributed by atoms with E-state index in [2.05, 4.69) is 12.1 Å². The molecule has 116 valence electrons. The number of rotatable bonds is 6. The van der Waals surface area contributed by atoms with Crippen molar-refractivity contribution in [2.75, 3.05) is 0 Å². The van der Waals surface area contributed by atoms with Crippen LogP contribution in [0.3, 0.4) is 0 Å². The number of benzene rings is 2. The second kappa shape index (κ2) is 8.25. The summed E-state index contributed by atoms with van der Waals surface area (Å²) in [4.78, 5) is 12.2. The van der Waals surface area contributed by atoms with Crippen molar-refractivity contribution in [2.24, 2.45) is 0 Å². The van der Waals surface area contributed by atoms with Gasteiger partial charge in [-0.25, -0.2) is 0 Å². The highest BCUT2D eigenvalue weighted by atomic mass is 35.5. The van der Waals surface area contributed by atoms with Crippen LogP contribution in [0.15, 0.2) is 53.4 Å². The first-order valence-corrected chi connectivity index (χ1v) is 8.53. The zero-order valence-electron chi connectivity index (χ0n) is 12.7. The lowest BCUT2D eigenvalue weighted by Gasteiger charge is -2.15. The van der Waals surface area contributed by atoms with Crippen molar-refractivity contribution in [3.8, 4) is 0 Å². The van der Waals surface area contributed by atoms with Gasteiger partial charge in [0.25, 0.3) is 0 Å².